The van der Waals surface area contributed by atoms with Crippen molar-refractivity contribution < 1.29 is 19.4 Å². The van der Waals surface area contributed by atoms with Crippen LogP contribution in [0.15, 0.2) is 0 Å². The minimum atomic E-state index is -0.356. The molecule has 174 valence electrons. The first-order valence-corrected chi connectivity index (χ1v) is 13.2. The lowest BCUT2D eigenvalue weighted by Gasteiger charge is -2.60. The third-order valence-corrected chi connectivity index (χ3v) is 11.7. The van der Waals surface area contributed by atoms with Crippen molar-refractivity contribution in [1.82, 2.24) is 0 Å². The molecule has 1 spiro atoms. The van der Waals surface area contributed by atoms with Gasteiger partial charge in [-0.2, -0.15) is 0 Å². The Bertz CT molecular complexity index is 756. The van der Waals surface area contributed by atoms with E-state index in [4.69, 9.17) is 9.47 Å². The van der Waals surface area contributed by atoms with Crippen LogP contribution in [-0.4, -0.2) is 35.5 Å². The minimum absolute atomic E-state index is 0.0823. The van der Waals surface area contributed by atoms with Crippen molar-refractivity contribution in [2.45, 2.75) is 103 Å². The molecule has 0 aromatic heterocycles. The van der Waals surface area contributed by atoms with Gasteiger partial charge in [0.15, 0.2) is 5.79 Å². The summed E-state index contributed by atoms with van der Waals surface area (Å²) in [6.45, 7) is 10.4. The van der Waals surface area contributed by atoms with Crippen molar-refractivity contribution in [1.29, 1.82) is 0 Å². The number of hydrogen-bond donors (Lipinski definition) is 1. The van der Waals surface area contributed by atoms with E-state index in [1.165, 1.54) is 19.3 Å². The lowest BCUT2D eigenvalue weighted by molar-refractivity contribution is -0.273. The third-order valence-electron chi connectivity index (χ3n) is 11.7. The van der Waals surface area contributed by atoms with Crippen LogP contribution in [0.3, 0.4) is 0 Å². The van der Waals surface area contributed by atoms with Crippen LogP contribution in [-0.2, 0) is 14.3 Å². The summed E-state index contributed by atoms with van der Waals surface area (Å²) in [4.78, 5) is 13.3. The molecule has 0 aromatic carbocycles. The molecule has 31 heavy (non-hydrogen) atoms. The number of Topliss-reactive ketones (excluding diaryl/α,β-unsaturated/α-hetero) is 1. The average molecular weight is 431 g/mol. The molecule has 4 aliphatic carbocycles. The fourth-order valence-electron chi connectivity index (χ4n) is 10.0. The van der Waals surface area contributed by atoms with Gasteiger partial charge >= 0.3 is 0 Å². The quantitative estimate of drug-likeness (QED) is 0.589. The largest absolute Gasteiger partial charge is 0.393 e. The number of ether oxygens (including phenoxy) is 2. The molecular formula is C27H42O4. The number of carbonyl (C=O) groups is 1. The molecule has 12 atom stereocenters. The Morgan fingerprint density at radius 1 is 0.968 bits per heavy atom. The topological polar surface area (TPSA) is 55.8 Å². The van der Waals surface area contributed by atoms with Crippen LogP contribution < -0.4 is 0 Å². The fourth-order valence-corrected chi connectivity index (χ4v) is 10.0. The smallest absolute Gasteiger partial charge is 0.171 e. The summed E-state index contributed by atoms with van der Waals surface area (Å²) in [5.74, 6) is 3.53. The maximum absolute atomic E-state index is 13.3. The standard InChI is InChI=1S/C27H42O4/c1-15-5-10-27(30-14-15)16(2)24-23(31-27)13-20-18-12-22(29)21-11-17(28)6-8-25(21,3)19(18)7-9-26(20,24)4/h15-21,23-24,28H,5-14H2,1-4H3/t15-,16+,17+,18+,19-,20-,21-,23-,24-,25-,26+,27+/m1/s1. The molecule has 2 heterocycles. The number of aliphatic hydroxyl groups is 1. The van der Waals surface area contributed by atoms with Crippen LogP contribution in [0.4, 0.5) is 0 Å². The Labute approximate surface area is 187 Å². The molecule has 4 saturated carbocycles. The van der Waals surface area contributed by atoms with Crippen molar-refractivity contribution in [3.05, 3.63) is 0 Å². The molecule has 4 heteroatoms. The van der Waals surface area contributed by atoms with Crippen LogP contribution in [0.25, 0.3) is 0 Å². The lowest BCUT2D eigenvalue weighted by atomic mass is 9.44. The molecule has 0 radical (unpaired) electrons. The molecule has 0 bridgehead atoms. The summed E-state index contributed by atoms with van der Waals surface area (Å²) < 4.78 is 13.3. The second-order valence-electron chi connectivity index (χ2n) is 13.1. The predicted octanol–water partition coefficient (Wildman–Crippen LogP) is 4.97. The Kier molecular flexibility index (Phi) is 4.62. The van der Waals surface area contributed by atoms with Gasteiger partial charge in [0.2, 0.25) is 0 Å². The van der Waals surface area contributed by atoms with Gasteiger partial charge in [0, 0.05) is 24.7 Å². The molecular weight excluding hydrogens is 388 g/mol. The van der Waals surface area contributed by atoms with Crippen LogP contribution in [0, 0.1) is 52.3 Å². The monoisotopic (exact) mass is 430 g/mol. The molecule has 1 N–H and O–H groups in total. The first-order valence-electron chi connectivity index (χ1n) is 13.2. The van der Waals surface area contributed by atoms with Gasteiger partial charge in [0.1, 0.15) is 5.78 Å². The number of rotatable bonds is 0. The third kappa shape index (κ3) is 2.74. The molecule has 0 aromatic rings. The average Bonchev–Trinajstić information content (AvgIpc) is 3.17. The van der Waals surface area contributed by atoms with Crippen molar-refractivity contribution in [3.63, 3.8) is 0 Å². The molecule has 6 rings (SSSR count). The SMILES string of the molecule is C[C@@H]1CC[C@]2(OC1)O[C@@H]1C[C@@H]3[C@H]4CC(=O)[C@H]5C[C@@H](O)CC[C@]5(C)[C@@H]4CC[C@]3(C)[C@@H]1[C@@H]2C. The van der Waals surface area contributed by atoms with Gasteiger partial charge in [-0.25, -0.2) is 0 Å². The van der Waals surface area contributed by atoms with E-state index in [0.717, 1.165) is 38.7 Å². The van der Waals surface area contributed by atoms with Gasteiger partial charge in [-0.05, 0) is 85.4 Å². The first-order chi connectivity index (χ1) is 14.7. The highest BCUT2D eigenvalue weighted by molar-refractivity contribution is 5.83. The van der Waals surface area contributed by atoms with E-state index in [1.54, 1.807) is 0 Å². The van der Waals surface area contributed by atoms with Crippen molar-refractivity contribution in [2.24, 2.45) is 52.3 Å². The van der Waals surface area contributed by atoms with Crippen LogP contribution in [0.5, 0.6) is 0 Å². The Balaban J connectivity index is 1.28. The van der Waals surface area contributed by atoms with Crippen molar-refractivity contribution >= 4 is 5.78 Å². The fraction of sp³-hybridized carbons (Fsp3) is 0.963. The van der Waals surface area contributed by atoms with Gasteiger partial charge in [-0.15, -0.1) is 0 Å². The van der Waals surface area contributed by atoms with Gasteiger partial charge in [-0.3, -0.25) is 4.79 Å². The first kappa shape index (κ1) is 21.1. The Hall–Kier alpha value is -0.450. The highest BCUT2D eigenvalue weighted by atomic mass is 16.7. The number of ketones is 1. The molecule has 2 saturated heterocycles. The van der Waals surface area contributed by atoms with Gasteiger partial charge in [0.25, 0.3) is 0 Å². The summed E-state index contributed by atoms with van der Waals surface area (Å²) in [6.07, 6.45) is 9.21. The van der Waals surface area contributed by atoms with E-state index in [2.05, 4.69) is 27.7 Å². The van der Waals surface area contributed by atoms with Crippen LogP contribution in [0.1, 0.15) is 85.5 Å². The van der Waals surface area contributed by atoms with E-state index in [1.807, 2.05) is 0 Å². The zero-order chi connectivity index (χ0) is 21.8. The summed E-state index contributed by atoms with van der Waals surface area (Å²) in [6, 6.07) is 0. The zero-order valence-electron chi connectivity index (χ0n) is 19.9. The van der Waals surface area contributed by atoms with Gasteiger partial charge in [-0.1, -0.05) is 27.7 Å². The van der Waals surface area contributed by atoms with E-state index in [9.17, 15) is 9.90 Å². The normalized spacial score (nSPS) is 60.9. The molecule has 4 nitrogen and oxygen atoms in total. The highest BCUT2D eigenvalue weighted by Crippen LogP contribution is 2.71. The molecule has 0 amide bonds. The zero-order valence-corrected chi connectivity index (χ0v) is 19.9. The molecule has 6 fully saturated rings. The van der Waals surface area contributed by atoms with E-state index in [0.29, 0.717) is 53.8 Å². The van der Waals surface area contributed by atoms with E-state index >= 15 is 0 Å². The minimum Gasteiger partial charge on any atom is -0.393 e. The van der Waals surface area contributed by atoms with Crippen LogP contribution >= 0.6 is 0 Å². The number of aliphatic hydroxyl groups excluding tert-OH is 1. The number of fused-ring (bicyclic) bond motifs is 7. The van der Waals surface area contributed by atoms with Gasteiger partial charge < -0.3 is 14.6 Å². The molecule has 0 unspecified atom stereocenters. The number of carbonyl (C=O) groups excluding carboxylic acids is 1. The second kappa shape index (κ2) is 6.79. The summed E-state index contributed by atoms with van der Waals surface area (Å²) >= 11 is 0. The molecule has 2 aliphatic heterocycles. The molecule has 6 aliphatic rings. The summed E-state index contributed by atoms with van der Waals surface area (Å²) in [5.41, 5.74) is 0.355. The number of hydrogen-bond acceptors (Lipinski definition) is 4. The van der Waals surface area contributed by atoms with E-state index in [-0.39, 0.29) is 28.6 Å². The second-order valence-corrected chi connectivity index (χ2v) is 13.1. The van der Waals surface area contributed by atoms with Gasteiger partial charge in [0.05, 0.1) is 18.8 Å². The Morgan fingerprint density at radius 3 is 2.48 bits per heavy atom. The highest BCUT2D eigenvalue weighted by Gasteiger charge is 2.69. The summed E-state index contributed by atoms with van der Waals surface area (Å²) in [5, 5.41) is 10.3. The lowest BCUT2D eigenvalue weighted by Crippen LogP contribution is -2.57. The van der Waals surface area contributed by atoms with Crippen LogP contribution in [0.2, 0.25) is 0 Å². The Morgan fingerprint density at radius 2 is 1.74 bits per heavy atom. The van der Waals surface area contributed by atoms with Crippen molar-refractivity contribution in [2.75, 3.05) is 6.61 Å². The predicted molar refractivity (Wildman–Crippen MR) is 118 cm³/mol. The summed E-state index contributed by atoms with van der Waals surface area (Å²) in [7, 11) is 0. The van der Waals surface area contributed by atoms with E-state index < -0.39 is 0 Å². The van der Waals surface area contributed by atoms with Crippen molar-refractivity contribution in [3.8, 4) is 0 Å². The maximum Gasteiger partial charge on any atom is 0.171 e. The maximum atomic E-state index is 13.3.